The van der Waals surface area contributed by atoms with Crippen LogP contribution in [-0.4, -0.2) is 35.5 Å². The molecule has 0 fully saturated rings. The van der Waals surface area contributed by atoms with Gasteiger partial charge < -0.3 is 15.7 Å². The van der Waals surface area contributed by atoms with Crippen LogP contribution < -0.4 is 10.6 Å². The molecule has 80 valence electrons. The normalized spacial score (nSPS) is 11.6. The van der Waals surface area contributed by atoms with Crippen LogP contribution in [0.2, 0.25) is 0 Å². The maximum Gasteiger partial charge on any atom is 0.305 e. The van der Waals surface area contributed by atoms with Gasteiger partial charge in [-0.1, -0.05) is 0 Å². The standard InChI is InChI=1S/C8H14N2O4/c1-5(3-8(13)14)10-7(12)4-9-6(2)11/h5H,3-4H2,1-2H3,(H,9,11)(H,10,12)(H,13,14). The summed E-state index contributed by atoms with van der Waals surface area (Å²) in [5.41, 5.74) is 0. The number of carbonyl (C=O) groups excluding carboxylic acids is 2. The molecule has 0 saturated heterocycles. The fourth-order valence-electron chi connectivity index (χ4n) is 0.844. The van der Waals surface area contributed by atoms with Crippen LogP contribution in [0, 0.1) is 0 Å². The first-order valence-corrected chi connectivity index (χ1v) is 4.17. The van der Waals surface area contributed by atoms with Gasteiger partial charge >= 0.3 is 5.97 Å². The second kappa shape index (κ2) is 5.95. The highest BCUT2D eigenvalue weighted by atomic mass is 16.4. The second-order valence-electron chi connectivity index (χ2n) is 2.98. The van der Waals surface area contributed by atoms with Crippen LogP contribution in [-0.2, 0) is 14.4 Å². The van der Waals surface area contributed by atoms with Crippen molar-refractivity contribution in [3.8, 4) is 0 Å². The Balaban J connectivity index is 3.71. The monoisotopic (exact) mass is 202 g/mol. The number of carbonyl (C=O) groups is 3. The number of carboxylic acid groups (broad SMARTS) is 1. The number of aliphatic carboxylic acids is 1. The molecule has 0 rings (SSSR count). The van der Waals surface area contributed by atoms with Gasteiger partial charge in [-0.3, -0.25) is 14.4 Å². The molecule has 6 heteroatoms. The van der Waals surface area contributed by atoms with Gasteiger partial charge in [-0.05, 0) is 6.92 Å². The molecule has 0 heterocycles. The Bertz CT molecular complexity index is 239. The van der Waals surface area contributed by atoms with Gasteiger partial charge in [0.2, 0.25) is 11.8 Å². The summed E-state index contributed by atoms with van der Waals surface area (Å²) in [4.78, 5) is 31.7. The lowest BCUT2D eigenvalue weighted by Crippen LogP contribution is -2.41. The number of nitrogens with one attached hydrogen (secondary N) is 2. The zero-order valence-corrected chi connectivity index (χ0v) is 8.16. The van der Waals surface area contributed by atoms with Crippen LogP contribution >= 0.6 is 0 Å². The average molecular weight is 202 g/mol. The van der Waals surface area contributed by atoms with E-state index in [0.717, 1.165) is 0 Å². The van der Waals surface area contributed by atoms with Crippen molar-refractivity contribution < 1.29 is 19.5 Å². The third-order valence-corrected chi connectivity index (χ3v) is 1.39. The summed E-state index contributed by atoms with van der Waals surface area (Å²) in [5.74, 6) is -1.67. The first-order valence-electron chi connectivity index (χ1n) is 4.17. The van der Waals surface area contributed by atoms with E-state index in [1.807, 2.05) is 0 Å². The van der Waals surface area contributed by atoms with Crippen LogP contribution in [0.5, 0.6) is 0 Å². The highest BCUT2D eigenvalue weighted by molar-refractivity contribution is 5.84. The van der Waals surface area contributed by atoms with E-state index in [4.69, 9.17) is 5.11 Å². The minimum absolute atomic E-state index is 0.126. The predicted octanol–water partition coefficient (Wildman–Crippen LogP) is -0.898. The van der Waals surface area contributed by atoms with E-state index in [9.17, 15) is 14.4 Å². The van der Waals surface area contributed by atoms with E-state index in [2.05, 4.69) is 10.6 Å². The van der Waals surface area contributed by atoms with E-state index in [1.165, 1.54) is 6.92 Å². The van der Waals surface area contributed by atoms with Crippen LogP contribution in [0.25, 0.3) is 0 Å². The maximum absolute atomic E-state index is 11.0. The summed E-state index contributed by atoms with van der Waals surface area (Å²) >= 11 is 0. The van der Waals surface area contributed by atoms with Gasteiger partial charge in [0.25, 0.3) is 0 Å². The van der Waals surface area contributed by atoms with Crippen LogP contribution in [0.4, 0.5) is 0 Å². The summed E-state index contributed by atoms with van der Waals surface area (Å²) < 4.78 is 0. The molecule has 0 aromatic rings. The van der Waals surface area contributed by atoms with Gasteiger partial charge in [0, 0.05) is 13.0 Å². The average Bonchev–Trinajstić information content (AvgIpc) is 1.98. The number of amides is 2. The first kappa shape index (κ1) is 12.4. The Morgan fingerprint density at radius 3 is 2.36 bits per heavy atom. The topological polar surface area (TPSA) is 95.5 Å². The molecule has 0 aromatic heterocycles. The fraction of sp³-hybridized carbons (Fsp3) is 0.625. The quantitative estimate of drug-likeness (QED) is 0.538. The van der Waals surface area contributed by atoms with Gasteiger partial charge in [0.05, 0.1) is 13.0 Å². The van der Waals surface area contributed by atoms with E-state index in [1.54, 1.807) is 6.92 Å². The predicted molar refractivity (Wildman–Crippen MR) is 48.5 cm³/mol. The Morgan fingerprint density at radius 2 is 1.93 bits per heavy atom. The number of hydrogen-bond donors (Lipinski definition) is 3. The summed E-state index contributed by atoms with van der Waals surface area (Å²) in [7, 11) is 0. The molecule has 1 atom stereocenters. The van der Waals surface area contributed by atoms with Crippen molar-refractivity contribution in [3.05, 3.63) is 0 Å². The van der Waals surface area contributed by atoms with Crippen molar-refractivity contribution in [1.29, 1.82) is 0 Å². The van der Waals surface area contributed by atoms with Crippen molar-refractivity contribution in [3.63, 3.8) is 0 Å². The van der Waals surface area contributed by atoms with Crippen molar-refractivity contribution >= 4 is 17.8 Å². The molecular weight excluding hydrogens is 188 g/mol. The molecule has 0 aromatic carbocycles. The Kier molecular flexibility index (Phi) is 5.28. The highest BCUT2D eigenvalue weighted by Crippen LogP contribution is 1.89. The Labute approximate surface area is 81.7 Å². The third kappa shape index (κ3) is 7.08. The molecule has 3 N–H and O–H groups in total. The molecular formula is C8H14N2O4. The van der Waals surface area contributed by atoms with Crippen molar-refractivity contribution in [2.75, 3.05) is 6.54 Å². The number of carboxylic acids is 1. The maximum atomic E-state index is 11.0. The van der Waals surface area contributed by atoms with Gasteiger partial charge in [0.15, 0.2) is 0 Å². The van der Waals surface area contributed by atoms with Crippen molar-refractivity contribution in [2.45, 2.75) is 26.3 Å². The zero-order valence-electron chi connectivity index (χ0n) is 8.16. The molecule has 0 spiro atoms. The Hall–Kier alpha value is -1.59. The van der Waals surface area contributed by atoms with Gasteiger partial charge in [-0.2, -0.15) is 0 Å². The molecule has 1 unspecified atom stereocenters. The highest BCUT2D eigenvalue weighted by Gasteiger charge is 2.10. The SMILES string of the molecule is CC(=O)NCC(=O)NC(C)CC(=O)O. The molecule has 0 saturated carbocycles. The summed E-state index contributed by atoms with van der Waals surface area (Å²) in [6, 6.07) is -0.436. The molecule has 0 bridgehead atoms. The number of hydrogen-bond acceptors (Lipinski definition) is 3. The smallest absolute Gasteiger partial charge is 0.305 e. The molecule has 2 amide bonds. The van der Waals surface area contributed by atoms with Crippen LogP contribution in [0.1, 0.15) is 20.3 Å². The molecule has 14 heavy (non-hydrogen) atoms. The largest absolute Gasteiger partial charge is 0.481 e. The summed E-state index contributed by atoms with van der Waals surface area (Å²) in [6.45, 7) is 2.76. The second-order valence-corrected chi connectivity index (χ2v) is 2.98. The lowest BCUT2D eigenvalue weighted by molar-refractivity contribution is -0.137. The van der Waals surface area contributed by atoms with Gasteiger partial charge in [-0.25, -0.2) is 0 Å². The first-order chi connectivity index (χ1) is 6.41. The molecule has 0 aliphatic rings. The minimum Gasteiger partial charge on any atom is -0.481 e. The summed E-state index contributed by atoms with van der Waals surface area (Å²) in [6.07, 6.45) is -0.133. The van der Waals surface area contributed by atoms with E-state index >= 15 is 0 Å². The van der Waals surface area contributed by atoms with Crippen molar-refractivity contribution in [1.82, 2.24) is 10.6 Å². The van der Waals surface area contributed by atoms with Gasteiger partial charge in [-0.15, -0.1) is 0 Å². The van der Waals surface area contributed by atoms with E-state index < -0.39 is 17.9 Å². The molecule has 0 aliphatic carbocycles. The molecule has 0 aliphatic heterocycles. The van der Waals surface area contributed by atoms with Crippen LogP contribution in [0.3, 0.4) is 0 Å². The molecule has 6 nitrogen and oxygen atoms in total. The summed E-state index contributed by atoms with van der Waals surface area (Å²) in [5, 5.41) is 13.1. The minimum atomic E-state index is -0.975. The van der Waals surface area contributed by atoms with Gasteiger partial charge in [0.1, 0.15) is 0 Å². The lowest BCUT2D eigenvalue weighted by Gasteiger charge is -2.11. The fourth-order valence-corrected chi connectivity index (χ4v) is 0.844. The number of rotatable bonds is 5. The molecule has 0 radical (unpaired) electrons. The Morgan fingerprint density at radius 1 is 1.36 bits per heavy atom. The van der Waals surface area contributed by atoms with E-state index in [0.29, 0.717) is 0 Å². The van der Waals surface area contributed by atoms with Crippen molar-refractivity contribution in [2.24, 2.45) is 0 Å². The lowest BCUT2D eigenvalue weighted by atomic mass is 10.2. The third-order valence-electron chi connectivity index (χ3n) is 1.39. The zero-order chi connectivity index (χ0) is 11.1. The van der Waals surface area contributed by atoms with E-state index in [-0.39, 0.29) is 18.9 Å². The van der Waals surface area contributed by atoms with Crippen LogP contribution in [0.15, 0.2) is 0 Å².